The van der Waals surface area contributed by atoms with Gasteiger partial charge in [-0.2, -0.15) is 0 Å². The molecule has 0 aromatic carbocycles. The molecule has 5 rings (SSSR count). The van der Waals surface area contributed by atoms with Gasteiger partial charge in [0.1, 0.15) is 0 Å². The number of piperidine rings is 1. The van der Waals surface area contributed by atoms with Crippen molar-refractivity contribution < 1.29 is 5.11 Å². The van der Waals surface area contributed by atoms with Crippen molar-refractivity contribution in [3.05, 3.63) is 0 Å². The largest absolute Gasteiger partial charge is 0.389 e. The summed E-state index contributed by atoms with van der Waals surface area (Å²) in [5, 5.41) is 14.2. The van der Waals surface area contributed by atoms with Gasteiger partial charge in [0.15, 0.2) is 0 Å². The van der Waals surface area contributed by atoms with Crippen LogP contribution in [0.4, 0.5) is 0 Å². The lowest BCUT2D eigenvalue weighted by Gasteiger charge is -2.56. The van der Waals surface area contributed by atoms with Crippen molar-refractivity contribution >= 4 is 0 Å². The van der Waals surface area contributed by atoms with E-state index < -0.39 is 0 Å². The second-order valence-electron chi connectivity index (χ2n) is 7.80. The van der Waals surface area contributed by atoms with E-state index in [2.05, 4.69) is 5.32 Å². The Balaban J connectivity index is 1.48. The fourth-order valence-corrected chi connectivity index (χ4v) is 5.94. The van der Waals surface area contributed by atoms with Gasteiger partial charge in [-0.05, 0) is 87.5 Å². The molecule has 1 atom stereocenters. The Morgan fingerprint density at radius 1 is 1.00 bits per heavy atom. The molecule has 18 heavy (non-hydrogen) atoms. The summed E-state index contributed by atoms with van der Waals surface area (Å²) in [6.07, 6.45) is 10.8. The van der Waals surface area contributed by atoms with Gasteiger partial charge >= 0.3 is 0 Å². The highest BCUT2D eigenvalue weighted by atomic mass is 16.3. The average molecular weight is 249 g/mol. The third-order valence-electron chi connectivity index (χ3n) is 6.49. The second-order valence-corrected chi connectivity index (χ2v) is 7.80. The molecule has 4 saturated carbocycles. The van der Waals surface area contributed by atoms with Gasteiger partial charge in [-0.1, -0.05) is 0 Å². The van der Waals surface area contributed by atoms with Crippen LogP contribution in [0.3, 0.4) is 0 Å². The topological polar surface area (TPSA) is 32.3 Å². The number of rotatable bonds is 2. The Labute approximate surface area is 111 Å². The lowest BCUT2D eigenvalue weighted by Crippen LogP contribution is -2.52. The van der Waals surface area contributed by atoms with Crippen LogP contribution < -0.4 is 5.32 Å². The van der Waals surface area contributed by atoms with Gasteiger partial charge in [0, 0.05) is 6.54 Å². The van der Waals surface area contributed by atoms with E-state index in [4.69, 9.17) is 0 Å². The van der Waals surface area contributed by atoms with E-state index in [1.807, 2.05) is 0 Å². The Morgan fingerprint density at radius 2 is 1.67 bits per heavy atom. The van der Waals surface area contributed by atoms with Crippen LogP contribution in [0, 0.1) is 29.6 Å². The smallest absolute Gasteiger partial charge is 0.0774 e. The summed E-state index contributed by atoms with van der Waals surface area (Å²) in [6.45, 7) is 1.94. The van der Waals surface area contributed by atoms with Crippen LogP contribution in [0.5, 0.6) is 0 Å². The lowest BCUT2D eigenvalue weighted by molar-refractivity contribution is -0.0861. The predicted octanol–water partition coefficient (Wildman–Crippen LogP) is 2.56. The molecule has 2 N–H and O–H groups in total. The maximum Gasteiger partial charge on any atom is 0.0774 e. The van der Waals surface area contributed by atoms with Gasteiger partial charge < -0.3 is 10.4 Å². The van der Waals surface area contributed by atoms with Gasteiger partial charge in [-0.15, -0.1) is 0 Å². The van der Waals surface area contributed by atoms with Crippen LogP contribution in [0.2, 0.25) is 0 Å². The Morgan fingerprint density at radius 3 is 2.22 bits per heavy atom. The number of β-amino-alcohol motifs (C(OH)–C–C–N with tert-alkyl or cyclic N) is 1. The van der Waals surface area contributed by atoms with Crippen LogP contribution >= 0.6 is 0 Å². The first-order valence-corrected chi connectivity index (χ1v) is 8.15. The molecule has 102 valence electrons. The molecule has 5 aliphatic rings. The van der Waals surface area contributed by atoms with Crippen molar-refractivity contribution in [2.24, 2.45) is 29.6 Å². The first-order valence-electron chi connectivity index (χ1n) is 8.15. The molecule has 1 heterocycles. The molecule has 0 amide bonds. The summed E-state index contributed by atoms with van der Waals surface area (Å²) in [6, 6.07) is 0. The number of hydrogen-bond donors (Lipinski definition) is 2. The minimum absolute atomic E-state index is 0.377. The Hall–Kier alpha value is -0.0800. The first kappa shape index (κ1) is 11.7. The highest BCUT2D eigenvalue weighted by molar-refractivity contribution is 5.01. The quantitative estimate of drug-likeness (QED) is 0.788. The van der Waals surface area contributed by atoms with Crippen LogP contribution in [-0.4, -0.2) is 23.8 Å². The van der Waals surface area contributed by atoms with Crippen molar-refractivity contribution in [2.75, 3.05) is 13.1 Å². The van der Waals surface area contributed by atoms with E-state index in [-0.39, 0.29) is 5.60 Å². The van der Waals surface area contributed by atoms with Crippen LogP contribution in [0.1, 0.15) is 51.4 Å². The Kier molecular flexibility index (Phi) is 2.74. The monoisotopic (exact) mass is 249 g/mol. The van der Waals surface area contributed by atoms with Crippen molar-refractivity contribution in [2.45, 2.75) is 57.0 Å². The average Bonchev–Trinajstić information content (AvgIpc) is 2.34. The van der Waals surface area contributed by atoms with Crippen molar-refractivity contribution in [1.82, 2.24) is 5.32 Å². The minimum Gasteiger partial charge on any atom is -0.389 e. The van der Waals surface area contributed by atoms with Gasteiger partial charge in [-0.25, -0.2) is 0 Å². The van der Waals surface area contributed by atoms with Gasteiger partial charge in [0.2, 0.25) is 0 Å². The highest BCUT2D eigenvalue weighted by Crippen LogP contribution is 2.58. The van der Waals surface area contributed by atoms with E-state index >= 15 is 0 Å². The maximum absolute atomic E-state index is 10.8. The maximum atomic E-state index is 10.8. The zero-order valence-corrected chi connectivity index (χ0v) is 11.4. The molecule has 1 saturated heterocycles. The number of hydrogen-bond acceptors (Lipinski definition) is 2. The SMILES string of the molecule is OC1(CC2C3CC4CC(C3)CC2C4)CCCNC1. The van der Waals surface area contributed by atoms with E-state index in [1.54, 1.807) is 0 Å². The third kappa shape index (κ3) is 1.92. The van der Waals surface area contributed by atoms with Crippen molar-refractivity contribution in [1.29, 1.82) is 0 Å². The summed E-state index contributed by atoms with van der Waals surface area (Å²) in [5.74, 6) is 4.90. The normalized spacial score (nSPS) is 54.8. The third-order valence-corrected chi connectivity index (χ3v) is 6.49. The molecule has 0 radical (unpaired) electrons. The molecule has 4 aliphatic carbocycles. The molecular weight excluding hydrogens is 222 g/mol. The van der Waals surface area contributed by atoms with Crippen LogP contribution in [0.15, 0.2) is 0 Å². The standard InChI is InChI=1S/C16H27NO/c18-16(2-1-3-17-10-16)9-15-13-5-11-4-12(7-13)8-14(15)6-11/h11-15,17-18H,1-10H2. The molecule has 0 aromatic rings. The molecule has 4 bridgehead atoms. The van der Waals surface area contributed by atoms with Crippen molar-refractivity contribution in [3.8, 4) is 0 Å². The minimum atomic E-state index is -0.377. The lowest BCUT2D eigenvalue weighted by atomic mass is 9.50. The van der Waals surface area contributed by atoms with Crippen LogP contribution in [0.25, 0.3) is 0 Å². The van der Waals surface area contributed by atoms with Gasteiger partial charge in [0.25, 0.3) is 0 Å². The van der Waals surface area contributed by atoms with E-state index in [0.29, 0.717) is 0 Å². The molecule has 5 fully saturated rings. The highest BCUT2D eigenvalue weighted by Gasteiger charge is 2.50. The number of aliphatic hydroxyl groups is 1. The molecule has 0 aromatic heterocycles. The van der Waals surface area contributed by atoms with E-state index in [9.17, 15) is 5.11 Å². The summed E-state index contributed by atoms with van der Waals surface area (Å²) >= 11 is 0. The molecule has 2 heteroatoms. The zero-order valence-electron chi connectivity index (χ0n) is 11.4. The Bertz CT molecular complexity index is 293. The molecular formula is C16H27NO. The van der Waals surface area contributed by atoms with E-state index in [0.717, 1.165) is 61.9 Å². The van der Waals surface area contributed by atoms with Gasteiger partial charge in [0.05, 0.1) is 5.60 Å². The summed E-state index contributed by atoms with van der Waals surface area (Å²) in [4.78, 5) is 0. The molecule has 1 aliphatic heterocycles. The summed E-state index contributed by atoms with van der Waals surface area (Å²) in [7, 11) is 0. The fourth-order valence-electron chi connectivity index (χ4n) is 5.94. The zero-order chi connectivity index (χ0) is 12.2. The fraction of sp³-hybridized carbons (Fsp3) is 1.00. The van der Waals surface area contributed by atoms with Gasteiger partial charge in [-0.3, -0.25) is 0 Å². The summed E-state index contributed by atoms with van der Waals surface area (Å²) < 4.78 is 0. The van der Waals surface area contributed by atoms with Crippen molar-refractivity contribution in [3.63, 3.8) is 0 Å². The predicted molar refractivity (Wildman–Crippen MR) is 72.2 cm³/mol. The first-order chi connectivity index (χ1) is 8.72. The summed E-state index contributed by atoms with van der Waals surface area (Å²) in [5.41, 5.74) is -0.377. The molecule has 0 spiro atoms. The molecule has 1 unspecified atom stereocenters. The number of nitrogens with one attached hydrogen (secondary N) is 1. The van der Waals surface area contributed by atoms with E-state index in [1.165, 1.54) is 32.1 Å². The molecule has 2 nitrogen and oxygen atoms in total. The second kappa shape index (κ2) is 4.21. The van der Waals surface area contributed by atoms with Crippen LogP contribution in [-0.2, 0) is 0 Å².